The Labute approximate surface area is 83.6 Å². The molecule has 0 aliphatic rings. The van der Waals surface area contributed by atoms with Gasteiger partial charge in [-0.3, -0.25) is 0 Å². The molecule has 1 N–H and O–H groups in total. The summed E-state index contributed by atoms with van der Waals surface area (Å²) in [6.45, 7) is 7.69. The molecule has 1 heterocycles. The molecule has 0 saturated heterocycles. The average Bonchev–Trinajstić information content (AvgIpc) is 2.27. The minimum Gasteiger partial charge on any atom is -0.477 e. The molecule has 0 radical (unpaired) electrons. The molecule has 0 aliphatic carbocycles. The van der Waals surface area contributed by atoms with Crippen molar-refractivity contribution in [2.45, 2.75) is 33.1 Å². The molecule has 0 saturated carbocycles. The molecule has 0 amide bonds. The summed E-state index contributed by atoms with van der Waals surface area (Å²) in [5.41, 5.74) is 0.694. The highest BCUT2D eigenvalue weighted by atomic mass is 16.4. The Kier molecular flexibility index (Phi) is 2.39. The number of hydrogen-bond donors (Lipinski definition) is 1. The molecule has 4 heteroatoms. The molecule has 14 heavy (non-hydrogen) atoms. The first-order valence-electron chi connectivity index (χ1n) is 4.52. The van der Waals surface area contributed by atoms with E-state index in [1.807, 2.05) is 27.7 Å². The molecule has 0 fully saturated rings. The second-order valence-electron chi connectivity index (χ2n) is 4.47. The van der Waals surface area contributed by atoms with Gasteiger partial charge < -0.3 is 9.67 Å². The molecule has 0 atom stereocenters. The first kappa shape index (κ1) is 10.8. The van der Waals surface area contributed by atoms with Crippen molar-refractivity contribution in [3.8, 4) is 0 Å². The number of aromatic nitrogens is 2. The van der Waals surface area contributed by atoms with Crippen LogP contribution in [0.2, 0.25) is 0 Å². The van der Waals surface area contributed by atoms with Crippen molar-refractivity contribution in [1.29, 1.82) is 0 Å². The number of imidazole rings is 1. The molecule has 1 aromatic heterocycles. The third-order valence-electron chi connectivity index (χ3n) is 2.23. The topological polar surface area (TPSA) is 55.1 Å². The molecule has 0 spiro atoms. The van der Waals surface area contributed by atoms with Gasteiger partial charge in [0, 0.05) is 12.5 Å². The van der Waals surface area contributed by atoms with Crippen molar-refractivity contribution in [2.75, 3.05) is 0 Å². The molecule has 0 unspecified atom stereocenters. The van der Waals surface area contributed by atoms with E-state index in [-0.39, 0.29) is 11.1 Å². The van der Waals surface area contributed by atoms with Crippen molar-refractivity contribution in [3.63, 3.8) is 0 Å². The second-order valence-corrected chi connectivity index (χ2v) is 4.47. The molecule has 1 rings (SSSR count). The van der Waals surface area contributed by atoms with E-state index in [2.05, 4.69) is 4.98 Å². The van der Waals surface area contributed by atoms with Crippen molar-refractivity contribution < 1.29 is 9.90 Å². The molecule has 78 valence electrons. The van der Waals surface area contributed by atoms with E-state index in [4.69, 9.17) is 5.11 Å². The lowest BCUT2D eigenvalue weighted by Gasteiger charge is -2.16. The van der Waals surface area contributed by atoms with Gasteiger partial charge in [-0.15, -0.1) is 0 Å². The zero-order valence-corrected chi connectivity index (χ0v) is 9.25. The predicted octanol–water partition coefficient (Wildman–Crippen LogP) is 1.72. The van der Waals surface area contributed by atoms with Crippen LogP contribution in [0, 0.1) is 6.92 Å². The van der Waals surface area contributed by atoms with Crippen LogP contribution in [-0.2, 0) is 12.5 Å². The maximum atomic E-state index is 11.0. The molecular formula is C10H16N2O2. The highest BCUT2D eigenvalue weighted by Gasteiger charge is 2.27. The molecule has 0 aromatic carbocycles. The van der Waals surface area contributed by atoms with Gasteiger partial charge in [-0.1, -0.05) is 20.8 Å². The summed E-state index contributed by atoms with van der Waals surface area (Å²) in [7, 11) is 1.72. The van der Waals surface area contributed by atoms with Crippen LogP contribution < -0.4 is 0 Å². The monoisotopic (exact) mass is 196 g/mol. The number of carboxylic acid groups (broad SMARTS) is 1. The van der Waals surface area contributed by atoms with Crippen LogP contribution in [0.25, 0.3) is 0 Å². The number of hydrogen-bond acceptors (Lipinski definition) is 2. The SMILES string of the molecule is Cc1nc(C(C)(C)C)c(C(=O)O)n1C. The standard InChI is InChI=1S/C10H16N2O2/c1-6-11-8(10(2,3)4)7(9(13)14)12(6)5/h1-5H3,(H,13,14). The van der Waals surface area contributed by atoms with Crippen molar-refractivity contribution in [2.24, 2.45) is 7.05 Å². The smallest absolute Gasteiger partial charge is 0.354 e. The number of aromatic carboxylic acids is 1. The highest BCUT2D eigenvalue weighted by molar-refractivity contribution is 5.87. The number of carboxylic acids is 1. The van der Waals surface area contributed by atoms with E-state index in [9.17, 15) is 4.79 Å². The maximum Gasteiger partial charge on any atom is 0.354 e. The fraction of sp³-hybridized carbons (Fsp3) is 0.600. The highest BCUT2D eigenvalue weighted by Crippen LogP contribution is 2.25. The molecular weight excluding hydrogens is 180 g/mol. The molecule has 1 aromatic rings. The minimum absolute atomic E-state index is 0.236. The van der Waals surface area contributed by atoms with E-state index in [1.54, 1.807) is 11.6 Å². The lowest BCUT2D eigenvalue weighted by atomic mass is 9.90. The van der Waals surface area contributed by atoms with Gasteiger partial charge in [0.1, 0.15) is 5.82 Å². The Bertz CT molecular complexity index is 372. The van der Waals surface area contributed by atoms with E-state index < -0.39 is 5.97 Å². The van der Waals surface area contributed by atoms with Crippen molar-refractivity contribution >= 4 is 5.97 Å². The Morgan fingerprint density at radius 3 is 2.21 bits per heavy atom. The van der Waals surface area contributed by atoms with Crippen molar-refractivity contribution in [1.82, 2.24) is 9.55 Å². The van der Waals surface area contributed by atoms with E-state index in [1.165, 1.54) is 0 Å². The normalized spacial score (nSPS) is 11.8. The molecule has 4 nitrogen and oxygen atoms in total. The second kappa shape index (κ2) is 3.12. The van der Waals surface area contributed by atoms with Gasteiger partial charge in [0.25, 0.3) is 0 Å². The van der Waals surface area contributed by atoms with Gasteiger partial charge >= 0.3 is 5.97 Å². The first-order chi connectivity index (χ1) is 6.25. The molecule has 0 aliphatic heterocycles. The predicted molar refractivity (Wildman–Crippen MR) is 53.6 cm³/mol. The summed E-state index contributed by atoms with van der Waals surface area (Å²) >= 11 is 0. The average molecular weight is 196 g/mol. The zero-order chi connectivity index (χ0) is 11.1. The third kappa shape index (κ3) is 1.64. The van der Waals surface area contributed by atoms with Crippen LogP contribution in [0.1, 0.15) is 42.8 Å². The number of rotatable bonds is 1. The summed E-state index contributed by atoms with van der Waals surface area (Å²) in [4.78, 5) is 15.3. The Hall–Kier alpha value is -1.32. The quantitative estimate of drug-likeness (QED) is 0.744. The van der Waals surface area contributed by atoms with Gasteiger partial charge in [-0.25, -0.2) is 9.78 Å². The number of nitrogens with zero attached hydrogens (tertiary/aromatic N) is 2. The van der Waals surface area contributed by atoms with Crippen molar-refractivity contribution in [3.05, 3.63) is 17.2 Å². The fourth-order valence-corrected chi connectivity index (χ4v) is 1.38. The Balaban J connectivity index is 3.45. The van der Waals surface area contributed by atoms with Gasteiger partial charge in [0.05, 0.1) is 5.69 Å². The van der Waals surface area contributed by atoms with E-state index in [0.717, 1.165) is 5.82 Å². The summed E-state index contributed by atoms with van der Waals surface area (Å²) < 4.78 is 1.61. The zero-order valence-electron chi connectivity index (χ0n) is 9.25. The van der Waals surface area contributed by atoms with Gasteiger partial charge in [0.15, 0.2) is 5.69 Å². The van der Waals surface area contributed by atoms with E-state index >= 15 is 0 Å². The largest absolute Gasteiger partial charge is 0.477 e. The number of carbonyl (C=O) groups is 1. The van der Waals surface area contributed by atoms with E-state index in [0.29, 0.717) is 5.69 Å². The van der Waals surface area contributed by atoms with Gasteiger partial charge in [0.2, 0.25) is 0 Å². The fourth-order valence-electron chi connectivity index (χ4n) is 1.38. The van der Waals surface area contributed by atoms with Crippen LogP contribution in [0.15, 0.2) is 0 Å². The molecule has 0 bridgehead atoms. The summed E-state index contributed by atoms with van der Waals surface area (Å²) in [6, 6.07) is 0. The Morgan fingerprint density at radius 1 is 1.43 bits per heavy atom. The van der Waals surface area contributed by atoms with Crippen LogP contribution in [0.5, 0.6) is 0 Å². The summed E-state index contributed by atoms with van der Waals surface area (Å²) in [5.74, 6) is -0.189. The first-order valence-corrected chi connectivity index (χ1v) is 4.52. The van der Waals surface area contributed by atoms with Gasteiger partial charge in [-0.2, -0.15) is 0 Å². The third-order valence-corrected chi connectivity index (χ3v) is 2.23. The maximum absolute atomic E-state index is 11.0. The van der Waals surface area contributed by atoms with Gasteiger partial charge in [-0.05, 0) is 6.92 Å². The Morgan fingerprint density at radius 2 is 1.93 bits per heavy atom. The van der Waals surface area contributed by atoms with Crippen LogP contribution in [0.4, 0.5) is 0 Å². The van der Waals surface area contributed by atoms with Crippen LogP contribution in [0.3, 0.4) is 0 Å². The van der Waals surface area contributed by atoms with Crippen LogP contribution >= 0.6 is 0 Å². The summed E-state index contributed by atoms with van der Waals surface area (Å²) in [6.07, 6.45) is 0. The number of aryl methyl sites for hydroxylation is 1. The lowest BCUT2D eigenvalue weighted by Crippen LogP contribution is -2.18. The summed E-state index contributed by atoms with van der Waals surface area (Å²) in [5, 5.41) is 9.06. The van der Waals surface area contributed by atoms with Crippen LogP contribution in [-0.4, -0.2) is 20.6 Å². The minimum atomic E-state index is -0.918. The lowest BCUT2D eigenvalue weighted by molar-refractivity contribution is 0.0683.